The highest BCUT2D eigenvalue weighted by atomic mass is 35.5. The molecular formula is C14H14ClN3O3. The Hall–Kier alpha value is -2.34. The maximum absolute atomic E-state index is 11.7. The second kappa shape index (κ2) is 6.90. The molecule has 2 amide bonds. The fraction of sp³-hybridized carbons (Fsp3) is 0.214. The number of anilines is 1. The van der Waals surface area contributed by atoms with E-state index in [1.54, 1.807) is 31.2 Å². The summed E-state index contributed by atoms with van der Waals surface area (Å²) in [5, 5.41) is 9.29. The van der Waals surface area contributed by atoms with Crippen molar-refractivity contribution in [2.24, 2.45) is 0 Å². The Labute approximate surface area is 126 Å². The van der Waals surface area contributed by atoms with Gasteiger partial charge in [-0.15, -0.1) is 0 Å². The summed E-state index contributed by atoms with van der Waals surface area (Å²) in [5.41, 5.74) is 0.792. The number of benzene rings is 1. The Kier molecular flexibility index (Phi) is 4.94. The number of amides is 2. The normalized spacial score (nSPS) is 10.2. The minimum atomic E-state index is -0.458. The van der Waals surface area contributed by atoms with E-state index in [0.717, 1.165) is 5.56 Å². The molecule has 1 aromatic carbocycles. The van der Waals surface area contributed by atoms with Crippen LogP contribution in [0.25, 0.3) is 0 Å². The lowest BCUT2D eigenvalue weighted by molar-refractivity contribution is -0.126. The minimum Gasteiger partial charge on any atom is -0.360 e. The lowest BCUT2D eigenvalue weighted by Gasteiger charge is -2.06. The van der Waals surface area contributed by atoms with E-state index in [0.29, 0.717) is 10.8 Å². The number of nitrogens with zero attached hydrogens (tertiary/aromatic N) is 1. The van der Waals surface area contributed by atoms with Gasteiger partial charge in [-0.25, -0.2) is 0 Å². The lowest BCUT2D eigenvalue weighted by atomic mass is 10.2. The van der Waals surface area contributed by atoms with Crippen molar-refractivity contribution < 1.29 is 14.1 Å². The second-order valence-electron chi connectivity index (χ2n) is 4.42. The average molecular weight is 308 g/mol. The molecule has 0 atom stereocenters. The first-order valence-electron chi connectivity index (χ1n) is 6.28. The number of aromatic nitrogens is 1. The third-order valence-corrected chi connectivity index (χ3v) is 3.02. The first kappa shape index (κ1) is 15.1. The van der Waals surface area contributed by atoms with E-state index in [2.05, 4.69) is 15.8 Å². The minimum absolute atomic E-state index is 0.273. The van der Waals surface area contributed by atoms with Crippen molar-refractivity contribution in [1.29, 1.82) is 0 Å². The molecule has 1 heterocycles. The van der Waals surface area contributed by atoms with E-state index in [4.69, 9.17) is 16.1 Å². The summed E-state index contributed by atoms with van der Waals surface area (Å²) in [4.78, 5) is 23.3. The maximum Gasteiger partial charge on any atom is 0.235 e. The number of carbonyl (C=O) groups is 2. The van der Waals surface area contributed by atoms with Gasteiger partial charge in [0.1, 0.15) is 12.2 Å². The number of hydrogen-bond acceptors (Lipinski definition) is 4. The van der Waals surface area contributed by atoms with Crippen molar-refractivity contribution >= 4 is 29.2 Å². The molecule has 0 radical (unpaired) electrons. The number of rotatable bonds is 5. The van der Waals surface area contributed by atoms with E-state index in [-0.39, 0.29) is 18.8 Å². The van der Waals surface area contributed by atoms with Crippen LogP contribution in [0.2, 0.25) is 5.02 Å². The van der Waals surface area contributed by atoms with Gasteiger partial charge in [-0.2, -0.15) is 0 Å². The van der Waals surface area contributed by atoms with Gasteiger partial charge in [-0.3, -0.25) is 9.59 Å². The second-order valence-corrected chi connectivity index (χ2v) is 4.82. The Balaban J connectivity index is 1.79. The van der Waals surface area contributed by atoms with Crippen molar-refractivity contribution in [2.45, 2.75) is 19.9 Å². The third kappa shape index (κ3) is 4.61. The zero-order valence-electron chi connectivity index (χ0n) is 11.4. The molecule has 0 fully saturated rings. The molecular weight excluding hydrogens is 294 g/mol. The van der Waals surface area contributed by atoms with E-state index in [1.807, 2.05) is 6.07 Å². The molecule has 0 unspecified atom stereocenters. The molecule has 0 saturated carbocycles. The molecule has 2 N–H and O–H groups in total. The molecule has 7 heteroatoms. The fourth-order valence-electron chi connectivity index (χ4n) is 1.66. The van der Waals surface area contributed by atoms with Crippen molar-refractivity contribution in [1.82, 2.24) is 10.5 Å². The van der Waals surface area contributed by atoms with Crippen LogP contribution in [0.4, 0.5) is 5.82 Å². The van der Waals surface area contributed by atoms with Crippen LogP contribution in [0.15, 0.2) is 34.9 Å². The molecule has 0 aliphatic rings. The average Bonchev–Trinajstić information content (AvgIpc) is 2.83. The number of halogens is 1. The smallest absolute Gasteiger partial charge is 0.235 e. The Bertz CT molecular complexity index is 654. The predicted octanol–water partition coefficient (Wildman–Crippen LogP) is 2.28. The highest BCUT2D eigenvalue weighted by Gasteiger charge is 2.11. The summed E-state index contributed by atoms with van der Waals surface area (Å²) >= 11 is 5.97. The molecule has 2 rings (SSSR count). The summed E-state index contributed by atoms with van der Waals surface area (Å²) in [6.45, 7) is 1.98. The van der Waals surface area contributed by atoms with Crippen LogP contribution in [-0.2, 0) is 16.1 Å². The summed E-state index contributed by atoms with van der Waals surface area (Å²) in [6, 6.07) is 8.75. The highest BCUT2D eigenvalue weighted by Crippen LogP contribution is 2.14. The van der Waals surface area contributed by atoms with Crippen molar-refractivity contribution in [2.75, 3.05) is 5.32 Å². The third-order valence-electron chi connectivity index (χ3n) is 2.65. The molecule has 0 saturated heterocycles. The summed E-state index contributed by atoms with van der Waals surface area (Å²) in [7, 11) is 0. The molecule has 6 nitrogen and oxygen atoms in total. The van der Waals surface area contributed by atoms with Crippen LogP contribution in [0, 0.1) is 6.92 Å². The van der Waals surface area contributed by atoms with Gasteiger partial charge in [0.2, 0.25) is 11.8 Å². The van der Waals surface area contributed by atoms with Gasteiger partial charge < -0.3 is 15.2 Å². The summed E-state index contributed by atoms with van der Waals surface area (Å²) < 4.78 is 4.81. The van der Waals surface area contributed by atoms with Crippen LogP contribution in [-0.4, -0.2) is 17.0 Å². The summed E-state index contributed by atoms with van der Waals surface area (Å²) in [5.74, 6) is 0.0115. The first-order chi connectivity index (χ1) is 10.0. The monoisotopic (exact) mass is 307 g/mol. The number of nitrogens with one attached hydrogen (secondary N) is 2. The van der Waals surface area contributed by atoms with Gasteiger partial charge in [0.05, 0.1) is 0 Å². The first-order valence-corrected chi connectivity index (χ1v) is 6.65. The number of carbonyl (C=O) groups excluding carboxylic acids is 2. The van der Waals surface area contributed by atoms with Crippen molar-refractivity contribution in [3.8, 4) is 0 Å². The van der Waals surface area contributed by atoms with Crippen LogP contribution in [0.3, 0.4) is 0 Å². The largest absolute Gasteiger partial charge is 0.360 e. The van der Waals surface area contributed by atoms with Gasteiger partial charge in [0, 0.05) is 17.6 Å². The van der Waals surface area contributed by atoms with E-state index < -0.39 is 11.8 Å². The number of aryl methyl sites for hydroxylation is 1. The lowest BCUT2D eigenvalue weighted by Crippen LogP contribution is -2.27. The van der Waals surface area contributed by atoms with Crippen molar-refractivity contribution in [3.63, 3.8) is 0 Å². The van der Waals surface area contributed by atoms with Gasteiger partial charge in [-0.1, -0.05) is 35.0 Å². The highest BCUT2D eigenvalue weighted by molar-refractivity contribution is 6.31. The van der Waals surface area contributed by atoms with Crippen molar-refractivity contribution in [3.05, 3.63) is 46.7 Å². The SMILES string of the molecule is Cc1cc(NC(=O)CC(=O)NCc2ccccc2Cl)no1. The Morgan fingerprint density at radius 2 is 2.05 bits per heavy atom. The maximum atomic E-state index is 11.7. The number of hydrogen-bond donors (Lipinski definition) is 2. The molecule has 0 aliphatic heterocycles. The van der Waals surface area contributed by atoms with Gasteiger partial charge in [0.25, 0.3) is 0 Å². The zero-order chi connectivity index (χ0) is 15.2. The quantitative estimate of drug-likeness (QED) is 0.830. The molecule has 21 heavy (non-hydrogen) atoms. The fourth-order valence-corrected chi connectivity index (χ4v) is 1.86. The molecule has 1 aromatic heterocycles. The van der Waals surface area contributed by atoms with Crippen LogP contribution in [0.5, 0.6) is 0 Å². The zero-order valence-corrected chi connectivity index (χ0v) is 12.1. The summed E-state index contributed by atoms with van der Waals surface area (Å²) in [6.07, 6.45) is -0.295. The van der Waals surface area contributed by atoms with Crippen LogP contribution >= 0.6 is 11.6 Å². The Morgan fingerprint density at radius 1 is 1.29 bits per heavy atom. The van der Waals surface area contributed by atoms with E-state index in [1.165, 1.54) is 0 Å². The Morgan fingerprint density at radius 3 is 2.71 bits per heavy atom. The molecule has 0 bridgehead atoms. The standard InChI is InChI=1S/C14H14ClN3O3/c1-9-6-12(18-21-9)17-14(20)7-13(19)16-8-10-4-2-3-5-11(10)15/h2-6H,7-8H2,1H3,(H,16,19)(H,17,18,20). The topological polar surface area (TPSA) is 84.2 Å². The van der Waals surface area contributed by atoms with Gasteiger partial charge in [0.15, 0.2) is 5.82 Å². The molecule has 0 spiro atoms. The van der Waals surface area contributed by atoms with E-state index >= 15 is 0 Å². The van der Waals surface area contributed by atoms with Gasteiger partial charge in [-0.05, 0) is 18.6 Å². The molecule has 110 valence electrons. The van der Waals surface area contributed by atoms with E-state index in [9.17, 15) is 9.59 Å². The molecule has 2 aromatic rings. The van der Waals surface area contributed by atoms with Crippen LogP contribution in [0.1, 0.15) is 17.7 Å². The predicted molar refractivity (Wildman–Crippen MR) is 77.8 cm³/mol. The molecule has 0 aliphatic carbocycles. The van der Waals surface area contributed by atoms with Gasteiger partial charge >= 0.3 is 0 Å². The van der Waals surface area contributed by atoms with Crippen LogP contribution < -0.4 is 10.6 Å².